The predicted octanol–water partition coefficient (Wildman–Crippen LogP) is 4.07. The third kappa shape index (κ3) is 4.67. The highest BCUT2D eigenvalue weighted by Crippen LogP contribution is 2.26. The predicted molar refractivity (Wildman–Crippen MR) is 108 cm³/mol. The van der Waals surface area contributed by atoms with Gasteiger partial charge in [0, 0.05) is 44.5 Å². The second-order valence-electron chi connectivity index (χ2n) is 8.41. The molecule has 3 heterocycles. The quantitative estimate of drug-likeness (QED) is 0.823. The lowest BCUT2D eigenvalue weighted by Gasteiger charge is -2.27. The standard InChI is InChI=1S/C21H35N5/c1-2-6-10-19(9-5-1)26-16-12-18(17-26)23-21-22-13-11-20(24-21)25-14-7-3-4-8-15-25/h11,13,18-19H,1-10,12,14-17H2,(H,22,23,24). The van der Waals surface area contributed by atoms with Crippen molar-refractivity contribution in [2.75, 3.05) is 36.4 Å². The van der Waals surface area contributed by atoms with Crippen LogP contribution < -0.4 is 10.2 Å². The first kappa shape index (κ1) is 18.0. The maximum atomic E-state index is 4.84. The molecule has 2 saturated heterocycles. The smallest absolute Gasteiger partial charge is 0.224 e. The van der Waals surface area contributed by atoms with Gasteiger partial charge < -0.3 is 10.2 Å². The van der Waals surface area contributed by atoms with Crippen LogP contribution in [-0.4, -0.2) is 53.1 Å². The number of nitrogens with one attached hydrogen (secondary N) is 1. The summed E-state index contributed by atoms with van der Waals surface area (Å²) in [6, 6.07) is 3.38. The van der Waals surface area contributed by atoms with Crippen molar-refractivity contribution in [3.05, 3.63) is 12.3 Å². The molecule has 0 bridgehead atoms. The highest BCUT2D eigenvalue weighted by molar-refractivity contribution is 5.43. The van der Waals surface area contributed by atoms with Crippen LogP contribution in [0.25, 0.3) is 0 Å². The lowest BCUT2D eigenvalue weighted by atomic mass is 10.1. The Balaban J connectivity index is 1.33. The van der Waals surface area contributed by atoms with E-state index in [-0.39, 0.29) is 0 Å². The summed E-state index contributed by atoms with van der Waals surface area (Å²) in [6.07, 6.45) is 16.9. The minimum absolute atomic E-state index is 0.498. The average molecular weight is 358 g/mol. The van der Waals surface area contributed by atoms with Gasteiger partial charge in [0.15, 0.2) is 0 Å². The topological polar surface area (TPSA) is 44.3 Å². The van der Waals surface area contributed by atoms with Crippen LogP contribution in [0, 0.1) is 0 Å². The molecule has 0 amide bonds. The van der Waals surface area contributed by atoms with E-state index in [2.05, 4.69) is 26.2 Å². The van der Waals surface area contributed by atoms with Gasteiger partial charge in [-0.25, -0.2) is 4.98 Å². The van der Waals surface area contributed by atoms with Gasteiger partial charge in [0.25, 0.3) is 0 Å². The molecule has 5 heteroatoms. The summed E-state index contributed by atoms with van der Waals surface area (Å²) in [5.41, 5.74) is 0. The lowest BCUT2D eigenvalue weighted by molar-refractivity contribution is 0.219. The Labute approximate surface area is 158 Å². The molecule has 0 aromatic carbocycles. The second-order valence-corrected chi connectivity index (χ2v) is 8.41. The van der Waals surface area contributed by atoms with Crippen molar-refractivity contribution in [1.29, 1.82) is 0 Å². The molecule has 3 aliphatic rings. The molecule has 1 aromatic rings. The average Bonchev–Trinajstić information content (AvgIpc) is 2.88. The van der Waals surface area contributed by atoms with Crippen molar-refractivity contribution in [1.82, 2.24) is 14.9 Å². The van der Waals surface area contributed by atoms with Gasteiger partial charge in [-0.2, -0.15) is 4.98 Å². The molecule has 1 aromatic heterocycles. The van der Waals surface area contributed by atoms with Crippen LogP contribution in [0.2, 0.25) is 0 Å². The molecule has 3 fully saturated rings. The Morgan fingerprint density at radius 1 is 0.846 bits per heavy atom. The van der Waals surface area contributed by atoms with Crippen molar-refractivity contribution in [3.63, 3.8) is 0 Å². The third-order valence-electron chi connectivity index (χ3n) is 6.46. The highest BCUT2D eigenvalue weighted by Gasteiger charge is 2.29. The summed E-state index contributed by atoms with van der Waals surface area (Å²) in [6.45, 7) is 4.65. The van der Waals surface area contributed by atoms with Gasteiger partial charge in [0.05, 0.1) is 0 Å². The first-order chi connectivity index (χ1) is 12.9. The molecule has 1 aliphatic carbocycles. The SMILES string of the molecule is c1cc(N2CCCCCC2)nc(NC2CCN(C3CCCCCC3)C2)n1. The van der Waals surface area contributed by atoms with E-state index in [0.717, 1.165) is 37.4 Å². The van der Waals surface area contributed by atoms with Crippen molar-refractivity contribution < 1.29 is 0 Å². The molecular formula is C21H35N5. The van der Waals surface area contributed by atoms with Crippen molar-refractivity contribution in [2.24, 2.45) is 0 Å². The summed E-state index contributed by atoms with van der Waals surface area (Å²) in [5, 5.41) is 3.63. The third-order valence-corrected chi connectivity index (χ3v) is 6.46. The number of hydrogen-bond acceptors (Lipinski definition) is 5. The molecule has 1 atom stereocenters. The van der Waals surface area contributed by atoms with Crippen LogP contribution in [0.3, 0.4) is 0 Å². The van der Waals surface area contributed by atoms with E-state index < -0.39 is 0 Å². The van der Waals surface area contributed by atoms with Crippen LogP contribution in [0.5, 0.6) is 0 Å². The summed E-state index contributed by atoms with van der Waals surface area (Å²) in [5.74, 6) is 1.92. The zero-order chi connectivity index (χ0) is 17.6. The monoisotopic (exact) mass is 357 g/mol. The number of aromatic nitrogens is 2. The number of rotatable bonds is 4. The Morgan fingerprint density at radius 2 is 1.58 bits per heavy atom. The van der Waals surface area contributed by atoms with E-state index >= 15 is 0 Å². The van der Waals surface area contributed by atoms with E-state index in [1.54, 1.807) is 0 Å². The first-order valence-electron chi connectivity index (χ1n) is 11.0. The number of anilines is 2. The van der Waals surface area contributed by atoms with Gasteiger partial charge in [-0.1, -0.05) is 38.5 Å². The van der Waals surface area contributed by atoms with E-state index in [9.17, 15) is 0 Å². The maximum Gasteiger partial charge on any atom is 0.224 e. The molecule has 144 valence electrons. The molecule has 1 N–H and O–H groups in total. The van der Waals surface area contributed by atoms with E-state index in [1.165, 1.54) is 77.2 Å². The fraction of sp³-hybridized carbons (Fsp3) is 0.810. The van der Waals surface area contributed by atoms with Gasteiger partial charge in [-0.05, 0) is 38.2 Å². The lowest BCUT2D eigenvalue weighted by Crippen LogP contribution is -2.35. The van der Waals surface area contributed by atoms with E-state index in [0.29, 0.717) is 6.04 Å². The van der Waals surface area contributed by atoms with Crippen LogP contribution in [0.15, 0.2) is 12.3 Å². The zero-order valence-electron chi connectivity index (χ0n) is 16.2. The molecule has 2 aliphatic heterocycles. The van der Waals surface area contributed by atoms with Crippen LogP contribution in [-0.2, 0) is 0 Å². The normalized spacial score (nSPS) is 26.5. The van der Waals surface area contributed by atoms with Gasteiger partial charge in [-0.15, -0.1) is 0 Å². The minimum atomic E-state index is 0.498. The Kier molecular flexibility index (Phi) is 6.26. The van der Waals surface area contributed by atoms with Crippen molar-refractivity contribution in [2.45, 2.75) is 82.7 Å². The maximum absolute atomic E-state index is 4.84. The largest absolute Gasteiger partial charge is 0.356 e. The Hall–Kier alpha value is -1.36. The van der Waals surface area contributed by atoms with Crippen molar-refractivity contribution >= 4 is 11.8 Å². The Morgan fingerprint density at radius 3 is 2.35 bits per heavy atom. The van der Waals surface area contributed by atoms with Crippen LogP contribution in [0.1, 0.15) is 70.6 Å². The fourth-order valence-electron chi connectivity index (χ4n) is 4.94. The van der Waals surface area contributed by atoms with Gasteiger partial charge in [0.1, 0.15) is 5.82 Å². The van der Waals surface area contributed by atoms with Crippen LogP contribution >= 0.6 is 0 Å². The number of hydrogen-bond donors (Lipinski definition) is 1. The van der Waals surface area contributed by atoms with E-state index in [4.69, 9.17) is 4.98 Å². The van der Waals surface area contributed by atoms with Gasteiger partial charge in [-0.3, -0.25) is 4.90 Å². The summed E-state index contributed by atoms with van der Waals surface area (Å²) < 4.78 is 0. The molecule has 0 spiro atoms. The summed E-state index contributed by atoms with van der Waals surface area (Å²) >= 11 is 0. The fourth-order valence-corrected chi connectivity index (χ4v) is 4.94. The highest BCUT2D eigenvalue weighted by atomic mass is 15.3. The van der Waals surface area contributed by atoms with Gasteiger partial charge >= 0.3 is 0 Å². The van der Waals surface area contributed by atoms with Crippen LogP contribution in [0.4, 0.5) is 11.8 Å². The zero-order valence-corrected chi connectivity index (χ0v) is 16.2. The molecule has 1 unspecified atom stereocenters. The molecular weight excluding hydrogens is 322 g/mol. The van der Waals surface area contributed by atoms with Gasteiger partial charge in [0.2, 0.25) is 5.95 Å². The molecule has 0 radical (unpaired) electrons. The second kappa shape index (κ2) is 9.03. The molecule has 4 rings (SSSR count). The van der Waals surface area contributed by atoms with Crippen molar-refractivity contribution in [3.8, 4) is 0 Å². The molecule has 1 saturated carbocycles. The van der Waals surface area contributed by atoms with E-state index in [1.807, 2.05) is 6.20 Å². The number of nitrogens with zero attached hydrogens (tertiary/aromatic N) is 4. The summed E-state index contributed by atoms with van der Waals surface area (Å²) in [7, 11) is 0. The first-order valence-corrected chi connectivity index (χ1v) is 11.0. The summed E-state index contributed by atoms with van der Waals surface area (Å²) in [4.78, 5) is 14.5. The minimum Gasteiger partial charge on any atom is -0.356 e. The Bertz CT molecular complexity index is 547. The molecule has 26 heavy (non-hydrogen) atoms. The number of likely N-dealkylation sites (tertiary alicyclic amines) is 1. The molecule has 5 nitrogen and oxygen atoms in total.